The molecule has 0 spiro atoms. The van der Waals surface area contributed by atoms with Gasteiger partial charge < -0.3 is 10.1 Å². The molecule has 2 aromatic rings. The predicted octanol–water partition coefficient (Wildman–Crippen LogP) is 3.79. The van der Waals surface area contributed by atoms with Gasteiger partial charge in [-0.25, -0.2) is 0 Å². The van der Waals surface area contributed by atoms with Gasteiger partial charge in [0.05, 0.1) is 23.6 Å². The Morgan fingerprint density at radius 1 is 1.25 bits per heavy atom. The second-order valence-electron chi connectivity index (χ2n) is 5.44. The molecule has 2 rings (SSSR count). The molecule has 0 bridgehead atoms. The van der Waals surface area contributed by atoms with Crippen LogP contribution in [0.25, 0.3) is 0 Å². The van der Waals surface area contributed by atoms with E-state index in [9.17, 15) is 28.1 Å². The highest BCUT2D eigenvalue weighted by molar-refractivity contribution is 5.95. The zero-order valence-corrected chi connectivity index (χ0v) is 14.7. The number of carbonyl (C=O) groups excluding carboxylic acids is 1. The first-order valence-electron chi connectivity index (χ1n) is 8.08. The van der Waals surface area contributed by atoms with Gasteiger partial charge in [0.2, 0.25) is 0 Å². The maximum atomic E-state index is 12.7. The van der Waals surface area contributed by atoms with Gasteiger partial charge in [-0.15, -0.1) is 0 Å². The van der Waals surface area contributed by atoms with Crippen LogP contribution < -0.4 is 10.1 Å². The standard InChI is InChI=1S/C19H15F3N2O4/c1-2-28-17-9-8-14(12-16(17)24(26)27)18(25)23-10-4-6-13-5-3-7-15(11-13)19(20,21)22/h3,5,7-9,11-12H,2,10H2,1H3,(H,23,25). The molecule has 0 saturated heterocycles. The largest absolute Gasteiger partial charge is 0.487 e. The summed E-state index contributed by atoms with van der Waals surface area (Å²) in [6, 6.07) is 8.28. The number of halogens is 3. The van der Waals surface area contributed by atoms with Crippen molar-refractivity contribution in [2.45, 2.75) is 13.1 Å². The minimum absolute atomic E-state index is 0.0380. The van der Waals surface area contributed by atoms with Crippen molar-refractivity contribution in [3.63, 3.8) is 0 Å². The van der Waals surface area contributed by atoms with Crippen LogP contribution in [0.5, 0.6) is 5.75 Å². The summed E-state index contributed by atoms with van der Waals surface area (Å²) in [6.07, 6.45) is -4.46. The van der Waals surface area contributed by atoms with E-state index in [1.807, 2.05) is 0 Å². The number of nitrogens with zero attached hydrogens (tertiary/aromatic N) is 1. The molecular weight excluding hydrogens is 377 g/mol. The van der Waals surface area contributed by atoms with E-state index in [4.69, 9.17) is 4.74 Å². The molecule has 2 aromatic carbocycles. The zero-order chi connectivity index (χ0) is 20.7. The van der Waals surface area contributed by atoms with Crippen LogP contribution in [0.4, 0.5) is 18.9 Å². The van der Waals surface area contributed by atoms with Crippen molar-refractivity contribution >= 4 is 11.6 Å². The fourth-order valence-electron chi connectivity index (χ4n) is 2.22. The molecule has 0 radical (unpaired) electrons. The van der Waals surface area contributed by atoms with Gasteiger partial charge in [-0.3, -0.25) is 14.9 Å². The van der Waals surface area contributed by atoms with E-state index in [2.05, 4.69) is 17.2 Å². The van der Waals surface area contributed by atoms with E-state index in [0.717, 1.165) is 18.2 Å². The minimum Gasteiger partial charge on any atom is -0.487 e. The predicted molar refractivity (Wildman–Crippen MR) is 94.9 cm³/mol. The van der Waals surface area contributed by atoms with Gasteiger partial charge in [-0.05, 0) is 37.3 Å². The Labute approximate surface area is 158 Å². The second kappa shape index (κ2) is 8.90. The van der Waals surface area contributed by atoms with Crippen LogP contribution in [0, 0.1) is 22.0 Å². The van der Waals surface area contributed by atoms with E-state index in [-0.39, 0.29) is 35.7 Å². The number of nitro benzene ring substituents is 1. The maximum Gasteiger partial charge on any atom is 0.416 e. The molecule has 9 heteroatoms. The number of carbonyl (C=O) groups is 1. The van der Waals surface area contributed by atoms with Gasteiger partial charge in [-0.2, -0.15) is 13.2 Å². The topological polar surface area (TPSA) is 81.5 Å². The summed E-state index contributed by atoms with van der Waals surface area (Å²) < 4.78 is 43.1. The van der Waals surface area contributed by atoms with Crippen molar-refractivity contribution in [2.75, 3.05) is 13.2 Å². The fourth-order valence-corrected chi connectivity index (χ4v) is 2.22. The molecule has 0 aliphatic rings. The summed E-state index contributed by atoms with van der Waals surface area (Å²) in [4.78, 5) is 22.5. The number of benzene rings is 2. The number of amides is 1. The van der Waals surface area contributed by atoms with Gasteiger partial charge in [-0.1, -0.05) is 17.9 Å². The maximum absolute atomic E-state index is 12.7. The van der Waals surface area contributed by atoms with E-state index in [1.54, 1.807) is 6.92 Å². The van der Waals surface area contributed by atoms with E-state index < -0.39 is 22.6 Å². The molecule has 6 nitrogen and oxygen atoms in total. The molecule has 0 aliphatic heterocycles. The Kier molecular flexibility index (Phi) is 6.60. The van der Waals surface area contributed by atoms with Gasteiger partial charge >= 0.3 is 11.9 Å². The minimum atomic E-state index is -4.46. The SMILES string of the molecule is CCOc1ccc(C(=O)NCC#Cc2cccc(C(F)(F)F)c2)cc1[N+](=O)[O-]. The van der Waals surface area contributed by atoms with Crippen molar-refractivity contribution in [1.29, 1.82) is 0 Å². The molecule has 0 unspecified atom stereocenters. The molecule has 146 valence electrons. The average Bonchev–Trinajstić information content (AvgIpc) is 2.65. The molecule has 1 amide bonds. The zero-order valence-electron chi connectivity index (χ0n) is 14.7. The summed E-state index contributed by atoms with van der Waals surface area (Å²) in [5, 5.41) is 13.5. The number of ether oxygens (including phenoxy) is 1. The molecule has 0 atom stereocenters. The van der Waals surface area contributed by atoms with Crippen molar-refractivity contribution in [3.8, 4) is 17.6 Å². The second-order valence-corrected chi connectivity index (χ2v) is 5.44. The van der Waals surface area contributed by atoms with Crippen LogP contribution in [0.15, 0.2) is 42.5 Å². The fraction of sp³-hybridized carbons (Fsp3) is 0.211. The summed E-state index contributed by atoms with van der Waals surface area (Å²) >= 11 is 0. The number of nitro groups is 1. The lowest BCUT2D eigenvalue weighted by molar-refractivity contribution is -0.385. The molecule has 28 heavy (non-hydrogen) atoms. The van der Waals surface area contributed by atoms with Crippen molar-refractivity contribution in [1.82, 2.24) is 5.32 Å². The van der Waals surface area contributed by atoms with Crippen molar-refractivity contribution in [3.05, 3.63) is 69.3 Å². The monoisotopic (exact) mass is 392 g/mol. The molecule has 0 aliphatic carbocycles. The lowest BCUT2D eigenvalue weighted by Crippen LogP contribution is -2.23. The summed E-state index contributed by atoms with van der Waals surface area (Å²) in [5.74, 6) is 4.51. The van der Waals surface area contributed by atoms with E-state index >= 15 is 0 Å². The number of alkyl halides is 3. The number of hydrogen-bond acceptors (Lipinski definition) is 4. The van der Waals surface area contributed by atoms with Gasteiger partial charge in [0.15, 0.2) is 5.75 Å². The molecule has 1 N–H and O–H groups in total. The van der Waals surface area contributed by atoms with Gasteiger partial charge in [0.1, 0.15) is 0 Å². The quantitative estimate of drug-likeness (QED) is 0.477. The summed E-state index contributed by atoms with van der Waals surface area (Å²) in [7, 11) is 0. The van der Waals surface area contributed by atoms with Crippen LogP contribution in [-0.2, 0) is 6.18 Å². The Morgan fingerprint density at radius 2 is 2.00 bits per heavy atom. The average molecular weight is 392 g/mol. The smallest absolute Gasteiger partial charge is 0.416 e. The molecule has 0 aromatic heterocycles. The lowest BCUT2D eigenvalue weighted by atomic mass is 10.1. The Balaban J connectivity index is 2.05. The highest BCUT2D eigenvalue weighted by Crippen LogP contribution is 2.29. The molecule has 0 fully saturated rings. The van der Waals surface area contributed by atoms with Crippen LogP contribution in [-0.4, -0.2) is 24.0 Å². The Morgan fingerprint density at radius 3 is 2.64 bits per heavy atom. The van der Waals surface area contributed by atoms with Crippen LogP contribution >= 0.6 is 0 Å². The Bertz CT molecular complexity index is 946. The van der Waals surface area contributed by atoms with Crippen molar-refractivity contribution < 1.29 is 27.6 Å². The highest BCUT2D eigenvalue weighted by Gasteiger charge is 2.30. The number of rotatable bonds is 5. The number of hydrogen-bond donors (Lipinski definition) is 1. The highest BCUT2D eigenvalue weighted by atomic mass is 19.4. The molecular formula is C19H15F3N2O4. The van der Waals surface area contributed by atoms with Crippen LogP contribution in [0.3, 0.4) is 0 Å². The first-order chi connectivity index (χ1) is 13.2. The third-order valence-corrected chi connectivity index (χ3v) is 3.48. The van der Waals surface area contributed by atoms with Crippen molar-refractivity contribution in [2.24, 2.45) is 0 Å². The van der Waals surface area contributed by atoms with Crippen LogP contribution in [0.2, 0.25) is 0 Å². The lowest BCUT2D eigenvalue weighted by Gasteiger charge is -2.06. The summed E-state index contributed by atoms with van der Waals surface area (Å²) in [6.45, 7) is 1.76. The first-order valence-corrected chi connectivity index (χ1v) is 8.08. The number of nitrogens with one attached hydrogen (secondary N) is 1. The van der Waals surface area contributed by atoms with E-state index in [1.165, 1.54) is 24.3 Å². The van der Waals surface area contributed by atoms with E-state index in [0.29, 0.717) is 0 Å². The molecule has 0 saturated carbocycles. The summed E-state index contributed by atoms with van der Waals surface area (Å²) in [5.41, 5.74) is -0.966. The normalized spacial score (nSPS) is 10.6. The van der Waals surface area contributed by atoms with Gasteiger partial charge in [0, 0.05) is 17.2 Å². The Hall–Kier alpha value is -3.54. The first kappa shape index (κ1) is 20.8. The molecule has 0 heterocycles. The third-order valence-electron chi connectivity index (χ3n) is 3.48. The van der Waals surface area contributed by atoms with Gasteiger partial charge in [0.25, 0.3) is 5.91 Å². The third kappa shape index (κ3) is 5.48. The van der Waals surface area contributed by atoms with Crippen LogP contribution in [0.1, 0.15) is 28.4 Å².